The van der Waals surface area contributed by atoms with Crippen molar-refractivity contribution in [1.29, 1.82) is 0 Å². The van der Waals surface area contributed by atoms with Crippen LogP contribution in [0.25, 0.3) is 0 Å². The Labute approximate surface area is 155 Å². The highest BCUT2D eigenvalue weighted by Gasteiger charge is 2.34. The Morgan fingerprint density at radius 2 is 1.88 bits per heavy atom. The Kier molecular flexibility index (Phi) is 5.27. The number of nitrogens with zero attached hydrogens (tertiary/aromatic N) is 2. The zero-order valence-electron chi connectivity index (χ0n) is 13.9. The molecule has 3 rings (SSSR count). The lowest BCUT2D eigenvalue weighted by Gasteiger charge is -2.33. The average molecular weight is 377 g/mol. The molecule has 2 aromatic carbocycles. The van der Waals surface area contributed by atoms with Gasteiger partial charge in [-0.15, -0.1) is 0 Å². The number of carbonyl (C=O) groups excluding carboxylic acids is 2. The van der Waals surface area contributed by atoms with E-state index in [1.54, 1.807) is 29.3 Å². The van der Waals surface area contributed by atoms with Crippen molar-refractivity contribution in [3.05, 3.63) is 64.9 Å². The Morgan fingerprint density at radius 3 is 2.58 bits per heavy atom. The van der Waals surface area contributed by atoms with Crippen molar-refractivity contribution in [3.63, 3.8) is 0 Å². The van der Waals surface area contributed by atoms with Crippen molar-refractivity contribution in [2.75, 3.05) is 18.1 Å². The summed E-state index contributed by atoms with van der Waals surface area (Å²) < 4.78 is 13.7. The number of rotatable bonds is 4. The predicted molar refractivity (Wildman–Crippen MR) is 97.0 cm³/mol. The van der Waals surface area contributed by atoms with Crippen LogP contribution in [0, 0.1) is 5.82 Å². The molecule has 1 aliphatic rings. The minimum atomic E-state index is -0.943. The molecular formula is C18H18ClFN4O2. The monoisotopic (exact) mass is 376 g/mol. The molecule has 6 nitrogen and oxygen atoms in total. The Morgan fingerprint density at radius 1 is 1.15 bits per heavy atom. The summed E-state index contributed by atoms with van der Waals surface area (Å²) in [7, 11) is 0. The number of nitrogens with two attached hydrogens (primary N) is 1. The van der Waals surface area contributed by atoms with Gasteiger partial charge in [0.2, 0.25) is 0 Å². The van der Waals surface area contributed by atoms with E-state index >= 15 is 0 Å². The summed E-state index contributed by atoms with van der Waals surface area (Å²) in [5.74, 6) is -0.814. The molecule has 1 atom stereocenters. The number of hydrazine groups is 1. The van der Waals surface area contributed by atoms with Crippen molar-refractivity contribution in [1.82, 2.24) is 10.3 Å². The van der Waals surface area contributed by atoms with Crippen LogP contribution in [0.2, 0.25) is 5.02 Å². The number of benzene rings is 2. The lowest BCUT2D eigenvalue weighted by atomic mass is 10.1. The van der Waals surface area contributed by atoms with Gasteiger partial charge >= 0.3 is 6.03 Å². The lowest BCUT2D eigenvalue weighted by molar-refractivity contribution is -0.132. The number of halogens is 2. The van der Waals surface area contributed by atoms with Gasteiger partial charge in [-0.3, -0.25) is 14.8 Å². The number of primary amides is 1. The Bertz CT molecular complexity index is 818. The van der Waals surface area contributed by atoms with E-state index in [1.165, 1.54) is 23.2 Å². The van der Waals surface area contributed by atoms with Crippen LogP contribution >= 0.6 is 11.6 Å². The van der Waals surface area contributed by atoms with Crippen molar-refractivity contribution >= 4 is 29.2 Å². The highest BCUT2D eigenvalue weighted by Crippen LogP contribution is 2.31. The summed E-state index contributed by atoms with van der Waals surface area (Å²) in [6.07, 6.45) is 0.691. The molecule has 3 N–H and O–H groups in total. The molecule has 0 unspecified atom stereocenters. The molecule has 1 saturated heterocycles. The topological polar surface area (TPSA) is 78.7 Å². The van der Waals surface area contributed by atoms with Crippen LogP contribution in [0.4, 0.5) is 14.9 Å². The maximum absolute atomic E-state index is 13.7. The minimum Gasteiger partial charge on any atom is -0.352 e. The second-order valence-electron chi connectivity index (χ2n) is 5.89. The molecule has 8 heteroatoms. The first kappa shape index (κ1) is 18.0. The van der Waals surface area contributed by atoms with Gasteiger partial charge in [-0.25, -0.2) is 9.18 Å². The van der Waals surface area contributed by atoms with E-state index in [2.05, 4.69) is 5.32 Å². The second kappa shape index (κ2) is 7.61. The molecule has 0 bridgehead atoms. The number of urea groups is 1. The SMILES string of the molecule is NC(=O)N[C@H](C(=O)N1CCCN1c1cc(F)ccc1Cl)c1ccccc1. The minimum absolute atomic E-state index is 0.338. The third kappa shape index (κ3) is 3.72. The van der Waals surface area contributed by atoms with Gasteiger partial charge < -0.3 is 11.1 Å². The largest absolute Gasteiger partial charge is 0.352 e. The van der Waals surface area contributed by atoms with Gasteiger partial charge in [0.1, 0.15) is 11.9 Å². The number of carbonyl (C=O) groups is 2. The average Bonchev–Trinajstić information content (AvgIpc) is 3.11. The van der Waals surface area contributed by atoms with E-state index in [0.717, 1.165) is 0 Å². The zero-order chi connectivity index (χ0) is 18.7. The van der Waals surface area contributed by atoms with Crippen LogP contribution in [0.3, 0.4) is 0 Å². The first-order valence-electron chi connectivity index (χ1n) is 8.12. The predicted octanol–water partition coefficient (Wildman–Crippen LogP) is 2.84. The van der Waals surface area contributed by atoms with E-state index in [1.807, 2.05) is 6.07 Å². The van der Waals surface area contributed by atoms with E-state index in [-0.39, 0.29) is 5.91 Å². The van der Waals surface area contributed by atoms with Gasteiger partial charge in [-0.2, -0.15) is 0 Å². The van der Waals surface area contributed by atoms with Gasteiger partial charge in [0.25, 0.3) is 5.91 Å². The van der Waals surface area contributed by atoms with E-state index in [4.69, 9.17) is 17.3 Å². The standard InChI is InChI=1S/C18H18ClFN4O2/c19-14-8-7-13(20)11-15(14)23-9-4-10-24(23)17(25)16(22-18(21)26)12-5-2-1-3-6-12/h1-3,5-8,11,16H,4,9-10H2,(H3,21,22,26)/t16-/m0/s1. The molecule has 0 saturated carbocycles. The number of hydrogen-bond acceptors (Lipinski definition) is 3. The number of hydrogen-bond donors (Lipinski definition) is 2. The Hall–Kier alpha value is -2.80. The number of amides is 3. The van der Waals surface area contributed by atoms with Gasteiger partial charge in [0.15, 0.2) is 0 Å². The molecule has 1 heterocycles. The normalized spacial score (nSPS) is 15.0. The van der Waals surface area contributed by atoms with Crippen molar-refractivity contribution in [2.24, 2.45) is 5.73 Å². The summed E-state index contributed by atoms with van der Waals surface area (Å²) in [6.45, 7) is 0.933. The van der Waals surface area contributed by atoms with Gasteiger partial charge in [-0.05, 0) is 24.1 Å². The van der Waals surface area contributed by atoms with Gasteiger partial charge in [0.05, 0.1) is 10.7 Å². The molecule has 136 valence electrons. The van der Waals surface area contributed by atoms with E-state index < -0.39 is 17.9 Å². The fourth-order valence-electron chi connectivity index (χ4n) is 3.00. The lowest BCUT2D eigenvalue weighted by Crippen LogP contribution is -2.49. The van der Waals surface area contributed by atoms with Crippen LogP contribution in [0.15, 0.2) is 48.5 Å². The molecule has 26 heavy (non-hydrogen) atoms. The van der Waals surface area contributed by atoms with Crippen LogP contribution in [-0.4, -0.2) is 30.0 Å². The fourth-order valence-corrected chi connectivity index (χ4v) is 3.21. The number of anilines is 1. The summed E-state index contributed by atoms with van der Waals surface area (Å²) >= 11 is 6.19. The maximum Gasteiger partial charge on any atom is 0.313 e. The number of nitrogens with one attached hydrogen (secondary N) is 1. The quantitative estimate of drug-likeness (QED) is 0.861. The molecule has 0 aromatic heterocycles. The van der Waals surface area contributed by atoms with Crippen LogP contribution < -0.4 is 16.1 Å². The third-order valence-corrected chi connectivity index (χ3v) is 4.46. The highest BCUT2D eigenvalue weighted by atomic mass is 35.5. The van der Waals surface area contributed by atoms with Crippen LogP contribution in [-0.2, 0) is 4.79 Å². The van der Waals surface area contributed by atoms with Crippen molar-refractivity contribution in [3.8, 4) is 0 Å². The van der Waals surface area contributed by atoms with Crippen LogP contribution in [0.5, 0.6) is 0 Å². The fraction of sp³-hybridized carbons (Fsp3) is 0.222. The smallest absolute Gasteiger partial charge is 0.313 e. The maximum atomic E-state index is 13.7. The first-order chi connectivity index (χ1) is 12.5. The molecule has 0 radical (unpaired) electrons. The molecule has 1 aliphatic heterocycles. The third-order valence-electron chi connectivity index (χ3n) is 4.14. The zero-order valence-corrected chi connectivity index (χ0v) is 14.6. The van der Waals surface area contributed by atoms with E-state index in [0.29, 0.717) is 35.8 Å². The van der Waals surface area contributed by atoms with Crippen LogP contribution in [0.1, 0.15) is 18.0 Å². The molecule has 2 aromatic rings. The molecule has 3 amide bonds. The highest BCUT2D eigenvalue weighted by molar-refractivity contribution is 6.33. The van der Waals surface area contributed by atoms with Crippen molar-refractivity contribution in [2.45, 2.75) is 12.5 Å². The Balaban J connectivity index is 1.92. The van der Waals surface area contributed by atoms with Crippen molar-refractivity contribution < 1.29 is 14.0 Å². The molecule has 0 spiro atoms. The van der Waals surface area contributed by atoms with E-state index in [9.17, 15) is 14.0 Å². The summed E-state index contributed by atoms with van der Waals surface area (Å²) in [5, 5.41) is 5.92. The summed E-state index contributed by atoms with van der Waals surface area (Å²) in [5.41, 5.74) is 6.26. The molecular weight excluding hydrogens is 359 g/mol. The first-order valence-corrected chi connectivity index (χ1v) is 8.50. The molecule has 1 fully saturated rings. The summed E-state index contributed by atoms with van der Waals surface area (Å²) in [4.78, 5) is 24.5. The second-order valence-corrected chi connectivity index (χ2v) is 6.29. The molecule has 0 aliphatic carbocycles. The summed E-state index contributed by atoms with van der Waals surface area (Å²) in [6, 6.07) is 11.0. The van der Waals surface area contributed by atoms with Gasteiger partial charge in [-0.1, -0.05) is 41.9 Å². The van der Waals surface area contributed by atoms with Gasteiger partial charge in [0, 0.05) is 19.2 Å².